The summed E-state index contributed by atoms with van der Waals surface area (Å²) in [5.41, 5.74) is 6.07. The van der Waals surface area contributed by atoms with Gasteiger partial charge in [-0.05, 0) is 45.9 Å². The summed E-state index contributed by atoms with van der Waals surface area (Å²) in [6.45, 7) is 8.22. The maximum Gasteiger partial charge on any atom is 0.0661 e. The Hall–Kier alpha value is -0.160. The Morgan fingerprint density at radius 1 is 1.39 bits per heavy atom. The lowest BCUT2D eigenvalue weighted by Gasteiger charge is -2.49. The molecule has 0 aromatic heterocycles. The number of rotatable bonds is 6. The molecule has 4 nitrogen and oxygen atoms in total. The number of methoxy groups -OCH3 is 1. The van der Waals surface area contributed by atoms with Gasteiger partial charge in [-0.2, -0.15) is 0 Å². The zero-order valence-electron chi connectivity index (χ0n) is 12.8. The van der Waals surface area contributed by atoms with Crippen LogP contribution in [0, 0.1) is 5.92 Å². The lowest BCUT2D eigenvalue weighted by atomic mass is 9.83. The predicted octanol–water partition coefficient (Wildman–Crippen LogP) is 1.01. The van der Waals surface area contributed by atoms with Gasteiger partial charge in [0.2, 0.25) is 0 Å². The molecule has 0 aliphatic carbocycles. The van der Waals surface area contributed by atoms with Crippen LogP contribution in [0.25, 0.3) is 0 Å². The fraction of sp³-hybridized carbons (Fsp3) is 1.00. The summed E-state index contributed by atoms with van der Waals surface area (Å²) in [4.78, 5) is 4.90. The van der Waals surface area contributed by atoms with E-state index in [-0.39, 0.29) is 5.54 Å². The molecule has 0 bridgehead atoms. The van der Waals surface area contributed by atoms with Gasteiger partial charge in [-0.25, -0.2) is 0 Å². The molecule has 0 aromatic carbocycles. The lowest BCUT2D eigenvalue weighted by molar-refractivity contribution is -0.0367. The van der Waals surface area contributed by atoms with E-state index in [1.165, 1.54) is 25.9 Å². The number of piperidine rings is 1. The van der Waals surface area contributed by atoms with Crippen molar-refractivity contribution in [3.8, 4) is 0 Å². The van der Waals surface area contributed by atoms with Crippen molar-refractivity contribution in [3.05, 3.63) is 0 Å². The van der Waals surface area contributed by atoms with Crippen LogP contribution in [0.15, 0.2) is 0 Å². The van der Waals surface area contributed by atoms with Crippen LogP contribution in [-0.4, -0.2) is 68.8 Å². The van der Waals surface area contributed by atoms with Crippen LogP contribution in [0.1, 0.15) is 26.7 Å². The molecule has 1 unspecified atom stereocenters. The molecule has 1 aliphatic rings. The van der Waals surface area contributed by atoms with Crippen molar-refractivity contribution in [2.75, 3.05) is 47.4 Å². The van der Waals surface area contributed by atoms with Crippen molar-refractivity contribution in [2.24, 2.45) is 11.7 Å². The largest absolute Gasteiger partial charge is 0.383 e. The summed E-state index contributed by atoms with van der Waals surface area (Å²) in [6.07, 6.45) is 2.45. The molecule has 18 heavy (non-hydrogen) atoms. The van der Waals surface area contributed by atoms with Crippen molar-refractivity contribution < 1.29 is 4.74 Å². The van der Waals surface area contributed by atoms with Gasteiger partial charge in [0.15, 0.2) is 0 Å². The van der Waals surface area contributed by atoms with Gasteiger partial charge < -0.3 is 15.4 Å². The Morgan fingerprint density at radius 3 is 2.33 bits per heavy atom. The lowest BCUT2D eigenvalue weighted by Crippen LogP contribution is -2.63. The van der Waals surface area contributed by atoms with Gasteiger partial charge in [-0.15, -0.1) is 0 Å². The topological polar surface area (TPSA) is 41.7 Å². The third-order valence-corrected chi connectivity index (χ3v) is 4.76. The van der Waals surface area contributed by atoms with Gasteiger partial charge in [0, 0.05) is 19.7 Å². The fourth-order valence-corrected chi connectivity index (χ4v) is 3.11. The van der Waals surface area contributed by atoms with Crippen molar-refractivity contribution in [2.45, 2.75) is 38.3 Å². The Balaban J connectivity index is 2.78. The molecule has 1 atom stereocenters. The molecule has 0 amide bonds. The number of nitrogens with zero attached hydrogens (tertiary/aromatic N) is 2. The van der Waals surface area contributed by atoms with Crippen molar-refractivity contribution in [1.82, 2.24) is 9.80 Å². The van der Waals surface area contributed by atoms with E-state index in [9.17, 15) is 0 Å². The molecule has 1 heterocycles. The van der Waals surface area contributed by atoms with Gasteiger partial charge in [0.25, 0.3) is 0 Å². The first-order chi connectivity index (χ1) is 8.47. The van der Waals surface area contributed by atoms with E-state index >= 15 is 0 Å². The van der Waals surface area contributed by atoms with E-state index < -0.39 is 0 Å². The number of hydrogen-bond donors (Lipinski definition) is 1. The summed E-state index contributed by atoms with van der Waals surface area (Å²) < 4.78 is 5.46. The van der Waals surface area contributed by atoms with Crippen LogP contribution in [0.2, 0.25) is 0 Å². The minimum absolute atomic E-state index is 0.0324. The maximum atomic E-state index is 6.10. The maximum absolute atomic E-state index is 6.10. The van der Waals surface area contributed by atoms with Crippen LogP contribution in [-0.2, 0) is 4.74 Å². The molecule has 1 aliphatic heterocycles. The summed E-state index contributed by atoms with van der Waals surface area (Å²) in [5.74, 6) is 0.493. The zero-order chi connectivity index (χ0) is 13.8. The molecule has 1 rings (SSSR count). The Kier molecular flexibility index (Phi) is 6.05. The summed E-state index contributed by atoms with van der Waals surface area (Å²) in [6, 6.07) is 0.627. The van der Waals surface area contributed by atoms with Gasteiger partial charge in [-0.1, -0.05) is 13.8 Å². The smallest absolute Gasteiger partial charge is 0.0661 e. The average molecular weight is 257 g/mol. The molecule has 0 saturated carbocycles. The SMILES string of the molecule is COCC(CN)(C(C)C)N(C)C1CCN(C)CC1. The Labute approximate surface area is 112 Å². The quantitative estimate of drug-likeness (QED) is 0.771. The van der Waals surface area contributed by atoms with Crippen LogP contribution in [0.5, 0.6) is 0 Å². The normalized spacial score (nSPS) is 22.7. The van der Waals surface area contributed by atoms with Crippen LogP contribution >= 0.6 is 0 Å². The number of ether oxygens (including phenoxy) is 1. The molecule has 2 N–H and O–H groups in total. The second-order valence-corrected chi connectivity index (χ2v) is 6.04. The van der Waals surface area contributed by atoms with Crippen LogP contribution < -0.4 is 5.73 Å². The number of nitrogens with two attached hydrogens (primary N) is 1. The third-order valence-electron chi connectivity index (χ3n) is 4.76. The average Bonchev–Trinajstić information content (AvgIpc) is 2.35. The molecule has 0 aromatic rings. The van der Waals surface area contributed by atoms with E-state index in [4.69, 9.17) is 10.5 Å². The second kappa shape index (κ2) is 6.85. The fourth-order valence-electron chi connectivity index (χ4n) is 3.11. The summed E-state index contributed by atoms with van der Waals surface area (Å²) in [5, 5.41) is 0. The van der Waals surface area contributed by atoms with E-state index in [2.05, 4.69) is 37.7 Å². The van der Waals surface area contributed by atoms with E-state index in [1.54, 1.807) is 7.11 Å². The molecule has 108 valence electrons. The summed E-state index contributed by atoms with van der Waals surface area (Å²) >= 11 is 0. The number of likely N-dealkylation sites (N-methyl/N-ethyl adjacent to an activating group) is 1. The molecule has 0 radical (unpaired) electrons. The van der Waals surface area contributed by atoms with Crippen molar-refractivity contribution in [3.63, 3.8) is 0 Å². The molecular formula is C14H31N3O. The Morgan fingerprint density at radius 2 is 1.94 bits per heavy atom. The highest BCUT2D eigenvalue weighted by Crippen LogP contribution is 2.29. The monoisotopic (exact) mass is 257 g/mol. The summed E-state index contributed by atoms with van der Waals surface area (Å²) in [7, 11) is 6.20. The molecule has 0 spiro atoms. The number of likely N-dealkylation sites (tertiary alicyclic amines) is 1. The standard InChI is InChI=1S/C14H31N3O/c1-12(2)14(10-15,11-18-5)17(4)13-6-8-16(3)9-7-13/h12-13H,6-11,15H2,1-5H3. The zero-order valence-corrected chi connectivity index (χ0v) is 12.8. The highest BCUT2D eigenvalue weighted by molar-refractivity contribution is 4.97. The van der Waals surface area contributed by atoms with Gasteiger partial charge in [0.1, 0.15) is 0 Å². The van der Waals surface area contributed by atoms with E-state index in [0.29, 0.717) is 25.1 Å². The minimum atomic E-state index is -0.0324. The van der Waals surface area contributed by atoms with E-state index in [0.717, 1.165) is 0 Å². The number of hydrogen-bond acceptors (Lipinski definition) is 4. The first-order valence-electron chi connectivity index (χ1n) is 7.08. The van der Waals surface area contributed by atoms with Gasteiger partial charge in [0.05, 0.1) is 12.1 Å². The van der Waals surface area contributed by atoms with Crippen LogP contribution in [0.3, 0.4) is 0 Å². The van der Waals surface area contributed by atoms with Crippen molar-refractivity contribution >= 4 is 0 Å². The first kappa shape index (κ1) is 15.9. The highest BCUT2D eigenvalue weighted by Gasteiger charge is 2.40. The molecular weight excluding hydrogens is 226 g/mol. The first-order valence-corrected chi connectivity index (χ1v) is 7.08. The van der Waals surface area contributed by atoms with E-state index in [1.807, 2.05) is 0 Å². The minimum Gasteiger partial charge on any atom is -0.383 e. The van der Waals surface area contributed by atoms with Crippen LogP contribution in [0.4, 0.5) is 0 Å². The van der Waals surface area contributed by atoms with Gasteiger partial charge >= 0.3 is 0 Å². The molecule has 4 heteroatoms. The highest BCUT2D eigenvalue weighted by atomic mass is 16.5. The van der Waals surface area contributed by atoms with Gasteiger partial charge in [-0.3, -0.25) is 4.90 Å². The molecule has 1 saturated heterocycles. The third kappa shape index (κ3) is 3.23. The second-order valence-electron chi connectivity index (χ2n) is 6.04. The Bertz CT molecular complexity index is 239. The molecule has 1 fully saturated rings. The van der Waals surface area contributed by atoms with Crippen molar-refractivity contribution in [1.29, 1.82) is 0 Å². The predicted molar refractivity (Wildman–Crippen MR) is 76.8 cm³/mol.